The lowest BCUT2D eigenvalue weighted by molar-refractivity contribution is -0.230. The van der Waals surface area contributed by atoms with Crippen LogP contribution in [0.15, 0.2) is 0 Å². The van der Waals surface area contributed by atoms with Crippen LogP contribution in [0.25, 0.3) is 0 Å². The van der Waals surface area contributed by atoms with Crippen LogP contribution < -0.4 is 0 Å². The van der Waals surface area contributed by atoms with E-state index in [9.17, 15) is 26.3 Å². The Bertz CT molecular complexity index is 1980. The summed E-state index contributed by atoms with van der Waals surface area (Å²) in [5.74, 6) is 2.58. The maximum absolute atomic E-state index is 12.5. The maximum Gasteiger partial charge on any atom is 0.394 e. The number of hydrogen-bond donors (Lipinski definition) is 0. The molecule has 12 rings (SSSR count). The Morgan fingerprint density at radius 1 is 0.227 bits per heavy atom. The molecule has 0 N–H and O–H groups in total. The third kappa shape index (κ3) is 26.6. The van der Waals surface area contributed by atoms with Gasteiger partial charge in [-0.25, -0.2) is 0 Å². The minimum atomic E-state index is -4.11. The van der Waals surface area contributed by atoms with Crippen molar-refractivity contribution in [2.45, 2.75) is 430 Å². The fourth-order valence-corrected chi connectivity index (χ4v) is 18.1. The monoisotopic (exact) mass is 1250 g/mol. The van der Waals surface area contributed by atoms with Crippen LogP contribution >= 0.6 is 0 Å². The highest BCUT2D eigenvalue weighted by Crippen LogP contribution is 2.55. The molecule has 12 saturated carbocycles. The van der Waals surface area contributed by atoms with Crippen molar-refractivity contribution in [2.75, 3.05) is 0 Å². The van der Waals surface area contributed by atoms with Crippen LogP contribution in [0.3, 0.4) is 0 Å². The summed E-state index contributed by atoms with van der Waals surface area (Å²) in [6.07, 6.45) is 54.4. The average Bonchev–Trinajstić information content (AvgIpc) is 1.20. The molecule has 0 aromatic carbocycles. The van der Waals surface area contributed by atoms with Crippen molar-refractivity contribution in [3.05, 3.63) is 0 Å². The molecule has 0 unspecified atom stereocenters. The second-order valence-corrected chi connectivity index (χ2v) is 36.5. The Kier molecular flexibility index (Phi) is 29.0. The number of halogens is 6. The normalized spacial score (nSPS) is 35.0. The van der Waals surface area contributed by atoms with Gasteiger partial charge >= 0.3 is 12.4 Å². The van der Waals surface area contributed by atoms with E-state index < -0.39 is 29.1 Å². The zero-order chi connectivity index (χ0) is 68.7. The van der Waals surface area contributed by atoms with Gasteiger partial charge in [0.1, 0.15) is 0 Å². The summed E-state index contributed by atoms with van der Waals surface area (Å²) in [4.78, 5) is 0. The van der Waals surface area contributed by atoms with Gasteiger partial charge in [0.15, 0.2) is 0 Å². The van der Waals surface area contributed by atoms with E-state index in [1.165, 1.54) is 194 Å². The van der Waals surface area contributed by atoms with E-state index in [0.29, 0.717) is 53.3 Å². The fraction of sp³-hybridized carbons (Fsp3) is 1.00. The van der Waals surface area contributed by atoms with Gasteiger partial charge < -0.3 is 0 Å². The Morgan fingerprint density at radius 2 is 0.386 bits per heavy atom. The van der Waals surface area contributed by atoms with Gasteiger partial charge in [-0.15, -0.1) is 0 Å². The van der Waals surface area contributed by atoms with Gasteiger partial charge in [-0.2, -0.15) is 26.3 Å². The van der Waals surface area contributed by atoms with E-state index in [1.807, 2.05) is 6.92 Å². The molecule has 520 valence electrons. The van der Waals surface area contributed by atoms with Crippen molar-refractivity contribution >= 4 is 0 Å². The summed E-state index contributed by atoms with van der Waals surface area (Å²) < 4.78 is 106. The second kappa shape index (κ2) is 35.5. The zero-order valence-corrected chi connectivity index (χ0v) is 60.9. The predicted octanol–water partition coefficient (Wildman–Crippen LogP) is 29.8. The van der Waals surface area contributed by atoms with E-state index in [0.717, 1.165) is 80.0 Å². The quantitative estimate of drug-likeness (QED) is 0.212. The first-order valence-corrected chi connectivity index (χ1v) is 38.5. The van der Waals surface area contributed by atoms with Crippen LogP contribution in [0.2, 0.25) is 0 Å². The molecule has 6 heteroatoms. The summed E-state index contributed by atoms with van der Waals surface area (Å²) in [7, 11) is 0. The van der Waals surface area contributed by atoms with Gasteiger partial charge in [0.25, 0.3) is 0 Å². The zero-order valence-electron chi connectivity index (χ0n) is 64.9. The number of rotatable bonds is 0. The van der Waals surface area contributed by atoms with Crippen LogP contribution in [0.5, 0.6) is 0 Å². The lowest BCUT2D eigenvalue weighted by atomic mass is 9.63. The van der Waals surface area contributed by atoms with Crippen LogP contribution in [-0.2, 0) is 0 Å². The first-order valence-electron chi connectivity index (χ1n) is 40.5. The summed E-state index contributed by atoms with van der Waals surface area (Å²) in [5.41, 5.74) is 1.32. The lowest BCUT2D eigenvalue weighted by Crippen LogP contribution is -2.38. The van der Waals surface area contributed by atoms with E-state index in [2.05, 4.69) is 69.2 Å². The Morgan fingerprint density at radius 3 is 0.602 bits per heavy atom. The van der Waals surface area contributed by atoms with Crippen molar-refractivity contribution < 1.29 is 31.8 Å². The standard InChI is InChI=1S/2C12H22.2C11H20.2C9H15F3.2C9H18/c2*1-11-5-9-12(10-6-11)7-3-2-4-8-12;2*1-10-4-8-11(9-5-10)6-2-3-7-11;2*1-7-3-5-8(2,6-4-7)9(10,11)12;2*1-8-4-6-9(2,3)7-5-8/h2*11H,2-10H2,1H3;2*10H,2-9H2,1H3;2*7H,3-6H2,1-2H3;2*8H,4-7H2,1-3H3/i11D;;10D;;7D;;8D;. The molecule has 12 fully saturated rings. The molecule has 0 saturated heterocycles. The van der Waals surface area contributed by atoms with Crippen LogP contribution in [0, 0.1) is 90.6 Å². The third-order valence-electron chi connectivity index (χ3n) is 27.2. The van der Waals surface area contributed by atoms with Gasteiger partial charge in [-0.05, 0) is 260 Å². The van der Waals surface area contributed by atoms with Crippen molar-refractivity contribution in [1.82, 2.24) is 0 Å². The van der Waals surface area contributed by atoms with Gasteiger partial charge in [0.05, 0.1) is 10.8 Å². The molecule has 0 heterocycles. The smallest absolute Gasteiger partial charge is 0.171 e. The molecule has 0 aromatic heterocycles. The van der Waals surface area contributed by atoms with E-state index >= 15 is 0 Å². The SMILES string of the molecule is CC1CCC(C)(C(F)(F)F)CC1.CC1CCC(C)(C)CC1.CC1CCC2(CCCC2)CC1.CC1CCC2(CCCCC2)CC1.[2H]C1(C)CCC(C)(C(F)(F)F)CC1.[2H]C1(C)CCC(C)(C)CC1.[2H]C1(C)CCC2(CCCC2)CC1.[2H]C1(C)CCC2(CCCCC2)CC1. The van der Waals surface area contributed by atoms with E-state index in [4.69, 9.17) is 5.48 Å². The molecular weight excluding hydrogens is 1100 g/mol. The first kappa shape index (κ1) is 71.9. The van der Waals surface area contributed by atoms with Crippen LogP contribution in [0.4, 0.5) is 26.3 Å². The minimum Gasteiger partial charge on any atom is -0.171 e. The highest BCUT2D eigenvalue weighted by Gasteiger charge is 2.53. The first-order chi connectivity index (χ1) is 42.4. The molecule has 88 heavy (non-hydrogen) atoms. The molecule has 0 aliphatic heterocycles. The Balaban J connectivity index is 0.000000191. The fourth-order valence-electron chi connectivity index (χ4n) is 18.1. The van der Waals surface area contributed by atoms with Crippen molar-refractivity contribution in [3.63, 3.8) is 0 Å². The van der Waals surface area contributed by atoms with E-state index in [-0.39, 0.29) is 30.5 Å². The number of hydrogen-bond acceptors (Lipinski definition) is 0. The average molecular weight is 1250 g/mol. The summed E-state index contributed by atoms with van der Waals surface area (Å²) in [5, 5.41) is 0. The van der Waals surface area contributed by atoms with Crippen LogP contribution in [-0.4, -0.2) is 12.4 Å². The van der Waals surface area contributed by atoms with Crippen molar-refractivity contribution in [1.29, 1.82) is 0 Å². The second-order valence-electron chi connectivity index (χ2n) is 36.5. The highest BCUT2D eigenvalue weighted by atomic mass is 19.4. The molecule has 0 atom stereocenters. The Hall–Kier alpha value is -0.420. The summed E-state index contributed by atoms with van der Waals surface area (Å²) >= 11 is 0. The van der Waals surface area contributed by atoms with Crippen LogP contribution in [0.1, 0.15) is 423 Å². The molecule has 0 aromatic rings. The Labute approximate surface area is 550 Å². The third-order valence-corrected chi connectivity index (χ3v) is 27.2. The lowest BCUT2D eigenvalue weighted by Gasteiger charge is -2.42. The number of alkyl halides is 6. The topological polar surface area (TPSA) is 0 Å². The molecule has 0 radical (unpaired) electrons. The highest BCUT2D eigenvalue weighted by molar-refractivity contribution is 4.92. The van der Waals surface area contributed by atoms with E-state index in [1.54, 1.807) is 58.3 Å². The van der Waals surface area contributed by atoms with Gasteiger partial charge in [-0.1, -0.05) is 238 Å². The summed E-state index contributed by atoms with van der Waals surface area (Å²) in [6.45, 7) is 29.2. The predicted molar refractivity (Wildman–Crippen MR) is 370 cm³/mol. The van der Waals surface area contributed by atoms with Crippen molar-refractivity contribution in [3.8, 4) is 0 Å². The summed E-state index contributed by atoms with van der Waals surface area (Å²) in [6, 6.07) is 0. The van der Waals surface area contributed by atoms with Gasteiger partial charge in [-0.3, -0.25) is 0 Å². The molecule has 0 bridgehead atoms. The van der Waals surface area contributed by atoms with Crippen molar-refractivity contribution in [2.24, 2.45) is 90.6 Å². The molecule has 0 nitrogen and oxygen atoms in total. The maximum atomic E-state index is 12.5. The molecule has 12 aliphatic carbocycles. The molecule has 0 amide bonds. The molecule has 12 aliphatic rings. The molecule has 4 spiro atoms. The largest absolute Gasteiger partial charge is 0.394 e. The van der Waals surface area contributed by atoms with Gasteiger partial charge in [0, 0.05) is 5.48 Å². The molecular formula is C82H150F6. The van der Waals surface area contributed by atoms with Gasteiger partial charge in [0.2, 0.25) is 0 Å². The minimum absolute atomic E-state index is 0.0894.